The van der Waals surface area contributed by atoms with Gasteiger partial charge in [0.05, 0.1) is 12.1 Å². The van der Waals surface area contributed by atoms with Crippen LogP contribution in [0.3, 0.4) is 0 Å². The van der Waals surface area contributed by atoms with Crippen LogP contribution in [0.4, 0.5) is 0 Å². The Labute approximate surface area is 115 Å². The molecule has 0 aromatic rings. The van der Waals surface area contributed by atoms with Crippen LogP contribution in [0.2, 0.25) is 0 Å². The Hall–Kier alpha value is -1.20. The molecule has 0 heterocycles. The molecule has 5 nitrogen and oxygen atoms in total. The molecule has 0 aromatic heterocycles. The van der Waals surface area contributed by atoms with E-state index in [0.717, 1.165) is 13.1 Å². The van der Waals surface area contributed by atoms with Crippen LogP contribution < -0.4 is 11.1 Å². The number of rotatable bonds is 6. The van der Waals surface area contributed by atoms with E-state index >= 15 is 0 Å². The highest BCUT2D eigenvalue weighted by molar-refractivity contribution is 6.22. The fourth-order valence-electron chi connectivity index (χ4n) is 2.31. The monoisotopic (exact) mass is 267 g/mol. The molecule has 0 spiro atoms. The van der Waals surface area contributed by atoms with Crippen LogP contribution in [0.5, 0.6) is 0 Å². The number of nitrogens with one attached hydrogen (secondary N) is 1. The predicted octanol–water partition coefficient (Wildman–Crippen LogP) is 1.20. The van der Waals surface area contributed by atoms with E-state index in [4.69, 9.17) is 5.73 Å². The number of aliphatic hydroxyl groups excluding tert-OH is 1. The van der Waals surface area contributed by atoms with Crippen LogP contribution in [0.25, 0.3) is 0 Å². The second-order valence-corrected chi connectivity index (χ2v) is 5.77. The number of nitrogens with two attached hydrogens (primary N) is 1. The van der Waals surface area contributed by atoms with Crippen LogP contribution in [-0.4, -0.2) is 42.8 Å². The number of carbonyl (C=O) groups is 1. The van der Waals surface area contributed by atoms with E-state index in [1.165, 1.54) is 0 Å². The van der Waals surface area contributed by atoms with Crippen molar-refractivity contribution in [3.8, 4) is 0 Å². The van der Waals surface area contributed by atoms with E-state index in [2.05, 4.69) is 10.3 Å². The van der Waals surface area contributed by atoms with Crippen LogP contribution >= 0.6 is 0 Å². The zero-order valence-electron chi connectivity index (χ0n) is 12.1. The number of aliphatic imine (C=N–C) groups is 1. The maximum absolute atomic E-state index is 12.1. The Balaban J connectivity index is 2.67. The summed E-state index contributed by atoms with van der Waals surface area (Å²) in [5.74, 6) is 0.169. The molecule has 1 rings (SSSR count). The SMILES string of the molecule is CC(=NCCNCCN)C1=C(O)CC(C)(C)CC1=O. The van der Waals surface area contributed by atoms with Gasteiger partial charge in [-0.3, -0.25) is 9.79 Å². The number of nitrogens with zero attached hydrogens (tertiary/aromatic N) is 1. The van der Waals surface area contributed by atoms with Crippen molar-refractivity contribution in [2.75, 3.05) is 26.2 Å². The summed E-state index contributed by atoms with van der Waals surface area (Å²) in [6, 6.07) is 0. The average molecular weight is 267 g/mol. The molecule has 0 aromatic carbocycles. The highest BCUT2D eigenvalue weighted by Gasteiger charge is 2.33. The largest absolute Gasteiger partial charge is 0.511 e. The van der Waals surface area contributed by atoms with Crippen molar-refractivity contribution in [1.29, 1.82) is 0 Å². The summed E-state index contributed by atoms with van der Waals surface area (Å²) in [7, 11) is 0. The third kappa shape index (κ3) is 4.76. The van der Waals surface area contributed by atoms with Gasteiger partial charge in [0.25, 0.3) is 0 Å². The Morgan fingerprint density at radius 1 is 1.42 bits per heavy atom. The zero-order valence-corrected chi connectivity index (χ0v) is 12.1. The Morgan fingerprint density at radius 3 is 2.68 bits per heavy atom. The lowest BCUT2D eigenvalue weighted by atomic mass is 9.76. The molecule has 1 aliphatic carbocycles. The molecular formula is C14H25N3O2. The maximum Gasteiger partial charge on any atom is 0.168 e. The number of ketones is 1. The van der Waals surface area contributed by atoms with Crippen molar-refractivity contribution in [2.24, 2.45) is 16.1 Å². The van der Waals surface area contributed by atoms with Gasteiger partial charge in [0.2, 0.25) is 0 Å². The summed E-state index contributed by atoms with van der Waals surface area (Å²) in [5, 5.41) is 13.2. The minimum atomic E-state index is -0.159. The first-order valence-corrected chi connectivity index (χ1v) is 6.75. The minimum Gasteiger partial charge on any atom is -0.511 e. The lowest BCUT2D eigenvalue weighted by Crippen LogP contribution is -2.29. The fourth-order valence-corrected chi connectivity index (χ4v) is 2.31. The molecule has 1 aliphatic rings. The van der Waals surface area contributed by atoms with Gasteiger partial charge in [0.1, 0.15) is 5.76 Å². The minimum absolute atomic E-state index is 0.00934. The van der Waals surface area contributed by atoms with Crippen molar-refractivity contribution in [2.45, 2.75) is 33.6 Å². The number of allylic oxidation sites excluding steroid dienone is 2. The molecule has 0 amide bonds. The molecule has 0 saturated carbocycles. The lowest BCUT2D eigenvalue weighted by Gasteiger charge is -2.29. The highest BCUT2D eigenvalue weighted by Crippen LogP contribution is 2.35. The predicted molar refractivity (Wildman–Crippen MR) is 77.6 cm³/mol. The molecule has 108 valence electrons. The summed E-state index contributed by atoms with van der Waals surface area (Å²) in [4.78, 5) is 16.4. The van der Waals surface area contributed by atoms with E-state index in [0.29, 0.717) is 37.2 Å². The van der Waals surface area contributed by atoms with Gasteiger partial charge in [-0.25, -0.2) is 0 Å². The molecule has 4 N–H and O–H groups in total. The van der Waals surface area contributed by atoms with E-state index in [1.807, 2.05) is 13.8 Å². The third-order valence-corrected chi connectivity index (χ3v) is 3.17. The first-order chi connectivity index (χ1) is 8.87. The van der Waals surface area contributed by atoms with E-state index < -0.39 is 0 Å². The second-order valence-electron chi connectivity index (χ2n) is 5.77. The first-order valence-electron chi connectivity index (χ1n) is 6.75. The van der Waals surface area contributed by atoms with Gasteiger partial charge in [-0.15, -0.1) is 0 Å². The van der Waals surface area contributed by atoms with Crippen molar-refractivity contribution < 1.29 is 9.90 Å². The molecule has 0 bridgehead atoms. The smallest absolute Gasteiger partial charge is 0.168 e. The number of aliphatic hydroxyl groups is 1. The molecular weight excluding hydrogens is 242 g/mol. The van der Waals surface area contributed by atoms with Gasteiger partial charge in [-0.2, -0.15) is 0 Å². The van der Waals surface area contributed by atoms with Crippen molar-refractivity contribution >= 4 is 11.5 Å². The number of hydrogen-bond donors (Lipinski definition) is 3. The first kappa shape index (κ1) is 15.9. The summed E-state index contributed by atoms with van der Waals surface area (Å²) in [5.41, 5.74) is 6.25. The van der Waals surface area contributed by atoms with Gasteiger partial charge >= 0.3 is 0 Å². The standard InChI is InChI=1S/C14H25N3O2/c1-10(17-7-6-16-5-4-15)13-11(18)8-14(2,3)9-12(13)19/h16,18H,4-9,15H2,1-3H3. The Morgan fingerprint density at radius 2 is 2.11 bits per heavy atom. The van der Waals surface area contributed by atoms with Crippen LogP contribution in [0.15, 0.2) is 16.3 Å². The van der Waals surface area contributed by atoms with Crippen LogP contribution in [0.1, 0.15) is 33.6 Å². The molecule has 0 atom stereocenters. The maximum atomic E-state index is 12.1. The lowest BCUT2D eigenvalue weighted by molar-refractivity contribution is -0.117. The molecule has 0 radical (unpaired) electrons. The van der Waals surface area contributed by atoms with Crippen LogP contribution in [-0.2, 0) is 4.79 Å². The third-order valence-electron chi connectivity index (χ3n) is 3.17. The summed E-state index contributed by atoms with van der Waals surface area (Å²) < 4.78 is 0. The second kappa shape index (κ2) is 6.82. The molecule has 0 aliphatic heterocycles. The molecule has 0 unspecified atom stereocenters. The Bertz CT molecular complexity index is 397. The van der Waals surface area contributed by atoms with Gasteiger partial charge < -0.3 is 16.2 Å². The number of Topliss-reactive ketones (excluding diaryl/α,β-unsaturated/α-hetero) is 1. The number of hydrogen-bond acceptors (Lipinski definition) is 5. The van der Waals surface area contributed by atoms with Crippen molar-refractivity contribution in [3.63, 3.8) is 0 Å². The molecule has 0 saturated heterocycles. The van der Waals surface area contributed by atoms with Crippen LogP contribution in [0, 0.1) is 5.41 Å². The fraction of sp³-hybridized carbons (Fsp3) is 0.714. The van der Waals surface area contributed by atoms with E-state index in [9.17, 15) is 9.90 Å². The van der Waals surface area contributed by atoms with Crippen molar-refractivity contribution in [3.05, 3.63) is 11.3 Å². The summed E-state index contributed by atoms with van der Waals surface area (Å²) in [6.45, 7) is 8.42. The van der Waals surface area contributed by atoms with Gasteiger partial charge in [0, 0.05) is 38.2 Å². The van der Waals surface area contributed by atoms with Gasteiger partial charge in [0.15, 0.2) is 5.78 Å². The molecule has 19 heavy (non-hydrogen) atoms. The molecule has 5 heteroatoms. The summed E-state index contributed by atoms with van der Waals surface area (Å²) in [6.07, 6.45) is 0.997. The Kier molecular flexibility index (Phi) is 5.69. The average Bonchev–Trinajstić information content (AvgIpc) is 2.25. The molecule has 0 fully saturated rings. The van der Waals surface area contributed by atoms with E-state index in [-0.39, 0.29) is 17.0 Å². The topological polar surface area (TPSA) is 87.7 Å². The quantitative estimate of drug-likeness (QED) is 0.498. The zero-order chi connectivity index (χ0) is 14.5. The summed E-state index contributed by atoms with van der Waals surface area (Å²) >= 11 is 0. The van der Waals surface area contributed by atoms with Gasteiger partial charge in [-0.05, 0) is 12.3 Å². The number of carbonyl (C=O) groups excluding carboxylic acids is 1. The highest BCUT2D eigenvalue weighted by atomic mass is 16.3. The van der Waals surface area contributed by atoms with Crippen molar-refractivity contribution in [1.82, 2.24) is 5.32 Å². The van der Waals surface area contributed by atoms with Gasteiger partial charge in [-0.1, -0.05) is 13.8 Å². The van der Waals surface area contributed by atoms with E-state index in [1.54, 1.807) is 6.92 Å². The normalized spacial score (nSPS) is 20.0.